The van der Waals surface area contributed by atoms with Crippen molar-refractivity contribution in [2.75, 3.05) is 26.3 Å². The van der Waals surface area contributed by atoms with Crippen LogP contribution in [0.2, 0.25) is 0 Å². The molecule has 4 nitrogen and oxygen atoms in total. The first kappa shape index (κ1) is 15.4. The molecule has 4 heteroatoms. The molecule has 0 bridgehead atoms. The van der Waals surface area contributed by atoms with Gasteiger partial charge >= 0.3 is 0 Å². The van der Waals surface area contributed by atoms with E-state index in [4.69, 9.17) is 10.5 Å². The van der Waals surface area contributed by atoms with Crippen molar-refractivity contribution in [1.82, 2.24) is 4.90 Å². The minimum Gasteiger partial charge on any atom is -0.380 e. The van der Waals surface area contributed by atoms with Crippen LogP contribution in [0.4, 0.5) is 0 Å². The van der Waals surface area contributed by atoms with Crippen molar-refractivity contribution < 1.29 is 9.53 Å². The van der Waals surface area contributed by atoms with E-state index in [1.165, 1.54) is 0 Å². The molecule has 0 radical (unpaired) electrons. The van der Waals surface area contributed by atoms with E-state index in [9.17, 15) is 4.79 Å². The minimum atomic E-state index is 0.107. The Labute approximate surface area is 111 Å². The summed E-state index contributed by atoms with van der Waals surface area (Å²) in [6.07, 6.45) is 3.11. The molecule has 0 aliphatic heterocycles. The molecule has 0 aromatic carbocycles. The second-order valence-corrected chi connectivity index (χ2v) is 5.18. The Morgan fingerprint density at radius 1 is 1.39 bits per heavy atom. The van der Waals surface area contributed by atoms with Gasteiger partial charge in [-0.25, -0.2) is 0 Å². The normalized spacial score (nSPS) is 28.1. The summed E-state index contributed by atoms with van der Waals surface area (Å²) in [6, 6.07) is 0.179. The van der Waals surface area contributed by atoms with Gasteiger partial charge in [-0.15, -0.1) is 0 Å². The molecular weight excluding hydrogens is 228 g/mol. The highest BCUT2D eigenvalue weighted by atomic mass is 16.5. The van der Waals surface area contributed by atoms with Crippen molar-refractivity contribution in [3.8, 4) is 0 Å². The van der Waals surface area contributed by atoms with Gasteiger partial charge in [0.2, 0.25) is 5.91 Å². The van der Waals surface area contributed by atoms with Gasteiger partial charge in [0.15, 0.2) is 0 Å². The molecule has 2 N–H and O–H groups in total. The number of hydrogen-bond acceptors (Lipinski definition) is 3. The highest BCUT2D eigenvalue weighted by Crippen LogP contribution is 2.30. The van der Waals surface area contributed by atoms with Crippen LogP contribution in [0.3, 0.4) is 0 Å². The molecule has 3 unspecified atom stereocenters. The number of hydrogen-bond donors (Lipinski definition) is 1. The number of rotatable bonds is 6. The standard InChI is InChI=1S/C14H28N2O2/c1-4-16(9-10-18-5-2)14(17)12-7-6-8-13(15)11(12)3/h11-13H,4-10,15H2,1-3H3. The molecule has 1 aliphatic carbocycles. The number of amides is 1. The molecule has 3 atom stereocenters. The summed E-state index contributed by atoms with van der Waals surface area (Å²) < 4.78 is 5.33. The van der Waals surface area contributed by atoms with Crippen molar-refractivity contribution >= 4 is 5.91 Å². The van der Waals surface area contributed by atoms with Crippen LogP contribution >= 0.6 is 0 Å². The first-order valence-electron chi connectivity index (χ1n) is 7.23. The van der Waals surface area contributed by atoms with Gasteiger partial charge in [-0.3, -0.25) is 4.79 Å². The largest absolute Gasteiger partial charge is 0.380 e. The molecular formula is C14H28N2O2. The molecule has 1 fully saturated rings. The van der Waals surface area contributed by atoms with Crippen molar-refractivity contribution in [2.24, 2.45) is 17.6 Å². The summed E-state index contributed by atoms with van der Waals surface area (Å²) in [7, 11) is 0. The molecule has 0 saturated heterocycles. The van der Waals surface area contributed by atoms with Crippen LogP contribution in [-0.4, -0.2) is 43.2 Å². The zero-order valence-electron chi connectivity index (χ0n) is 12.0. The van der Waals surface area contributed by atoms with Gasteiger partial charge in [0.05, 0.1) is 6.61 Å². The van der Waals surface area contributed by atoms with Crippen LogP contribution < -0.4 is 5.73 Å². The third-order valence-electron chi connectivity index (χ3n) is 4.08. The van der Waals surface area contributed by atoms with Crippen LogP contribution in [-0.2, 0) is 9.53 Å². The number of nitrogens with two attached hydrogens (primary N) is 1. The maximum absolute atomic E-state index is 12.5. The van der Waals surface area contributed by atoms with Crippen molar-refractivity contribution in [1.29, 1.82) is 0 Å². The van der Waals surface area contributed by atoms with Gasteiger partial charge in [0.25, 0.3) is 0 Å². The summed E-state index contributed by atoms with van der Waals surface area (Å²) in [4.78, 5) is 14.4. The molecule has 18 heavy (non-hydrogen) atoms. The Morgan fingerprint density at radius 2 is 2.11 bits per heavy atom. The smallest absolute Gasteiger partial charge is 0.226 e. The Bertz CT molecular complexity index is 258. The van der Waals surface area contributed by atoms with Gasteiger partial charge in [-0.05, 0) is 32.6 Å². The molecule has 0 heterocycles. The second kappa shape index (κ2) is 7.74. The predicted octanol–water partition coefficient (Wildman–Crippen LogP) is 1.63. The first-order valence-corrected chi connectivity index (χ1v) is 7.23. The van der Waals surface area contributed by atoms with Crippen LogP contribution in [0.25, 0.3) is 0 Å². The molecule has 0 spiro atoms. The fraction of sp³-hybridized carbons (Fsp3) is 0.929. The lowest BCUT2D eigenvalue weighted by Crippen LogP contribution is -2.46. The Kier molecular flexibility index (Phi) is 6.65. The average Bonchev–Trinajstić information content (AvgIpc) is 2.37. The summed E-state index contributed by atoms with van der Waals surface area (Å²) in [6.45, 7) is 8.89. The maximum Gasteiger partial charge on any atom is 0.226 e. The van der Waals surface area contributed by atoms with E-state index in [1.54, 1.807) is 0 Å². The molecule has 1 amide bonds. The average molecular weight is 256 g/mol. The number of likely N-dealkylation sites (N-methyl/N-ethyl adjacent to an activating group) is 1. The molecule has 1 rings (SSSR count). The molecule has 0 aromatic rings. The SMILES string of the molecule is CCOCCN(CC)C(=O)C1CCCC(N)C1C. The van der Waals surface area contributed by atoms with Crippen LogP contribution in [0.15, 0.2) is 0 Å². The van der Waals surface area contributed by atoms with E-state index in [1.807, 2.05) is 18.7 Å². The zero-order chi connectivity index (χ0) is 13.5. The number of ether oxygens (including phenoxy) is 1. The van der Waals surface area contributed by atoms with E-state index >= 15 is 0 Å². The van der Waals surface area contributed by atoms with E-state index in [-0.39, 0.29) is 17.9 Å². The van der Waals surface area contributed by atoms with Gasteiger partial charge < -0.3 is 15.4 Å². The molecule has 0 aromatic heterocycles. The third kappa shape index (κ3) is 3.95. The van der Waals surface area contributed by atoms with E-state index in [0.717, 1.165) is 25.8 Å². The van der Waals surface area contributed by atoms with E-state index in [0.29, 0.717) is 25.7 Å². The molecule has 1 saturated carbocycles. The zero-order valence-corrected chi connectivity index (χ0v) is 12.0. The van der Waals surface area contributed by atoms with Gasteiger partial charge in [0.1, 0.15) is 0 Å². The quantitative estimate of drug-likeness (QED) is 0.735. The molecule has 1 aliphatic rings. The third-order valence-corrected chi connectivity index (χ3v) is 4.08. The number of carbonyl (C=O) groups is 1. The topological polar surface area (TPSA) is 55.6 Å². The highest BCUT2D eigenvalue weighted by molar-refractivity contribution is 5.79. The van der Waals surface area contributed by atoms with Crippen molar-refractivity contribution in [3.05, 3.63) is 0 Å². The summed E-state index contributed by atoms with van der Waals surface area (Å²) in [5.74, 6) is 0.669. The highest BCUT2D eigenvalue weighted by Gasteiger charge is 2.34. The summed E-state index contributed by atoms with van der Waals surface area (Å²) in [5, 5.41) is 0. The second-order valence-electron chi connectivity index (χ2n) is 5.18. The van der Waals surface area contributed by atoms with E-state index in [2.05, 4.69) is 6.92 Å². The van der Waals surface area contributed by atoms with Gasteiger partial charge in [-0.1, -0.05) is 13.3 Å². The fourth-order valence-electron chi connectivity index (χ4n) is 2.72. The first-order chi connectivity index (χ1) is 8.61. The van der Waals surface area contributed by atoms with Crippen LogP contribution in [0.5, 0.6) is 0 Å². The number of carbonyl (C=O) groups excluding carboxylic acids is 1. The lowest BCUT2D eigenvalue weighted by atomic mass is 9.76. The Balaban J connectivity index is 2.53. The van der Waals surface area contributed by atoms with Crippen LogP contribution in [0, 0.1) is 11.8 Å². The van der Waals surface area contributed by atoms with Crippen molar-refractivity contribution in [3.63, 3.8) is 0 Å². The lowest BCUT2D eigenvalue weighted by Gasteiger charge is -2.36. The van der Waals surface area contributed by atoms with E-state index < -0.39 is 0 Å². The van der Waals surface area contributed by atoms with Gasteiger partial charge in [0, 0.05) is 31.7 Å². The van der Waals surface area contributed by atoms with Crippen LogP contribution in [0.1, 0.15) is 40.0 Å². The fourth-order valence-corrected chi connectivity index (χ4v) is 2.72. The molecule has 106 valence electrons. The lowest BCUT2D eigenvalue weighted by molar-refractivity contribution is -0.139. The monoisotopic (exact) mass is 256 g/mol. The Morgan fingerprint density at radius 3 is 2.72 bits per heavy atom. The summed E-state index contributed by atoms with van der Waals surface area (Å²) in [5.41, 5.74) is 6.07. The van der Waals surface area contributed by atoms with Crippen molar-refractivity contribution in [2.45, 2.75) is 46.1 Å². The minimum absolute atomic E-state index is 0.107. The maximum atomic E-state index is 12.5. The number of nitrogens with zero attached hydrogens (tertiary/aromatic N) is 1. The Hall–Kier alpha value is -0.610. The predicted molar refractivity (Wildman–Crippen MR) is 73.2 cm³/mol. The summed E-state index contributed by atoms with van der Waals surface area (Å²) >= 11 is 0. The van der Waals surface area contributed by atoms with Gasteiger partial charge in [-0.2, -0.15) is 0 Å².